The van der Waals surface area contributed by atoms with Gasteiger partial charge in [0.1, 0.15) is 5.82 Å². The van der Waals surface area contributed by atoms with E-state index in [1.165, 1.54) is 11.8 Å². The van der Waals surface area contributed by atoms with Gasteiger partial charge in [-0.2, -0.15) is 0 Å². The van der Waals surface area contributed by atoms with Gasteiger partial charge < -0.3 is 4.57 Å². The summed E-state index contributed by atoms with van der Waals surface area (Å²) in [5.41, 5.74) is 0.720. The van der Waals surface area contributed by atoms with Crippen molar-refractivity contribution in [3.05, 3.63) is 40.1 Å². The van der Waals surface area contributed by atoms with Crippen LogP contribution < -0.4 is 0 Å². The average Bonchev–Trinajstić information content (AvgIpc) is 2.77. The predicted octanol–water partition coefficient (Wildman–Crippen LogP) is 3.98. The topological polar surface area (TPSA) is 47.8 Å². The molecule has 6 heteroatoms. The van der Waals surface area contributed by atoms with Gasteiger partial charge in [-0.05, 0) is 25.0 Å². The molecule has 0 aliphatic carbocycles. The molecule has 0 N–H and O–H groups in total. The van der Waals surface area contributed by atoms with Crippen LogP contribution in [0.15, 0.2) is 33.9 Å². The summed E-state index contributed by atoms with van der Waals surface area (Å²) in [4.78, 5) is 12.2. The summed E-state index contributed by atoms with van der Waals surface area (Å²) in [7, 11) is 0. The molecule has 0 saturated heterocycles. The van der Waals surface area contributed by atoms with Crippen molar-refractivity contribution in [1.82, 2.24) is 14.8 Å². The van der Waals surface area contributed by atoms with E-state index in [0.717, 1.165) is 27.6 Å². The highest BCUT2D eigenvalue weighted by Crippen LogP contribution is 2.20. The van der Waals surface area contributed by atoms with Crippen LogP contribution in [0.5, 0.6) is 0 Å². The molecule has 0 bridgehead atoms. The van der Waals surface area contributed by atoms with Gasteiger partial charge in [0.2, 0.25) is 0 Å². The lowest BCUT2D eigenvalue weighted by Crippen LogP contribution is -2.09. The van der Waals surface area contributed by atoms with Gasteiger partial charge in [-0.3, -0.25) is 4.79 Å². The molecule has 4 nitrogen and oxygen atoms in total. The Balaban J connectivity index is 2.03. The lowest BCUT2D eigenvalue weighted by Gasteiger charge is -2.10. The van der Waals surface area contributed by atoms with Crippen LogP contribution in [0.4, 0.5) is 0 Å². The quantitative estimate of drug-likeness (QED) is 0.572. The molecular weight excluding hydrogens is 350 g/mol. The van der Waals surface area contributed by atoms with Crippen LogP contribution in [0.1, 0.15) is 30.0 Å². The SMILES string of the molecule is Cc1nnc(SCC(=O)c2ccc(Br)cc2)n1CC(C)C. The van der Waals surface area contributed by atoms with Gasteiger partial charge in [0.05, 0.1) is 5.75 Å². The van der Waals surface area contributed by atoms with Gasteiger partial charge in [0, 0.05) is 16.6 Å². The highest BCUT2D eigenvalue weighted by Gasteiger charge is 2.13. The molecule has 0 fully saturated rings. The molecule has 0 aliphatic heterocycles. The Morgan fingerprint density at radius 2 is 1.95 bits per heavy atom. The zero-order valence-corrected chi connectivity index (χ0v) is 14.7. The van der Waals surface area contributed by atoms with E-state index in [2.05, 4.69) is 44.5 Å². The molecule has 112 valence electrons. The Hall–Kier alpha value is -1.14. The van der Waals surface area contributed by atoms with E-state index in [0.29, 0.717) is 11.7 Å². The monoisotopic (exact) mass is 367 g/mol. The Kier molecular flexibility index (Phi) is 5.58. The minimum atomic E-state index is 0.101. The van der Waals surface area contributed by atoms with Crippen molar-refractivity contribution in [3.63, 3.8) is 0 Å². The molecule has 21 heavy (non-hydrogen) atoms. The predicted molar refractivity (Wildman–Crippen MR) is 88.8 cm³/mol. The summed E-state index contributed by atoms with van der Waals surface area (Å²) in [6.45, 7) is 7.12. The van der Waals surface area contributed by atoms with E-state index in [1.54, 1.807) is 0 Å². The van der Waals surface area contributed by atoms with Gasteiger partial charge in [0.25, 0.3) is 0 Å². The number of rotatable bonds is 6. The Morgan fingerprint density at radius 3 is 2.57 bits per heavy atom. The number of hydrogen-bond acceptors (Lipinski definition) is 4. The fourth-order valence-corrected chi connectivity index (χ4v) is 3.05. The van der Waals surface area contributed by atoms with Crippen LogP contribution in [0.2, 0.25) is 0 Å². The van der Waals surface area contributed by atoms with Crippen molar-refractivity contribution in [2.24, 2.45) is 5.92 Å². The number of Topliss-reactive ketones (excluding diaryl/α,β-unsaturated/α-hetero) is 1. The third kappa shape index (κ3) is 4.41. The molecule has 0 spiro atoms. The summed E-state index contributed by atoms with van der Waals surface area (Å²) in [5.74, 6) is 1.88. The Morgan fingerprint density at radius 1 is 1.29 bits per heavy atom. The molecule has 0 atom stereocenters. The van der Waals surface area contributed by atoms with E-state index >= 15 is 0 Å². The van der Waals surface area contributed by atoms with Crippen LogP contribution in [0, 0.1) is 12.8 Å². The largest absolute Gasteiger partial charge is 0.306 e. The fourth-order valence-electron chi connectivity index (χ4n) is 1.89. The first kappa shape index (κ1) is 16.2. The van der Waals surface area contributed by atoms with Gasteiger partial charge in [-0.15, -0.1) is 10.2 Å². The number of nitrogens with zero attached hydrogens (tertiary/aromatic N) is 3. The molecule has 0 amide bonds. The Labute approximate surface area is 137 Å². The Bertz CT molecular complexity index is 622. The minimum Gasteiger partial charge on any atom is -0.306 e. The van der Waals surface area contributed by atoms with Crippen molar-refractivity contribution in [2.45, 2.75) is 32.5 Å². The number of thioether (sulfide) groups is 1. The number of ketones is 1. The zero-order chi connectivity index (χ0) is 15.4. The van der Waals surface area contributed by atoms with Crippen LogP contribution in [0.25, 0.3) is 0 Å². The third-order valence-electron chi connectivity index (χ3n) is 2.95. The lowest BCUT2D eigenvalue weighted by atomic mass is 10.2. The molecule has 0 saturated carbocycles. The number of carbonyl (C=O) groups is 1. The summed E-state index contributed by atoms with van der Waals surface area (Å²) in [6.07, 6.45) is 0. The first-order valence-corrected chi connectivity index (χ1v) is 8.56. The van der Waals surface area contributed by atoms with Crippen LogP contribution >= 0.6 is 27.7 Å². The number of hydrogen-bond donors (Lipinski definition) is 0. The number of aryl methyl sites for hydroxylation is 1. The van der Waals surface area contributed by atoms with Gasteiger partial charge >= 0.3 is 0 Å². The van der Waals surface area contributed by atoms with Crippen molar-refractivity contribution in [2.75, 3.05) is 5.75 Å². The van der Waals surface area contributed by atoms with Gasteiger partial charge in [-0.1, -0.05) is 53.7 Å². The second kappa shape index (κ2) is 7.22. The first-order chi connectivity index (χ1) is 9.97. The standard InChI is InChI=1S/C15H18BrN3OS/c1-10(2)8-19-11(3)17-18-15(19)21-9-14(20)12-4-6-13(16)7-5-12/h4-7,10H,8-9H2,1-3H3. The molecule has 2 rings (SSSR count). The van der Waals surface area contributed by atoms with E-state index in [-0.39, 0.29) is 5.78 Å². The molecule has 0 radical (unpaired) electrons. The molecule has 0 aliphatic rings. The van der Waals surface area contributed by atoms with Gasteiger partial charge in [-0.25, -0.2) is 0 Å². The van der Waals surface area contributed by atoms with Crippen LogP contribution in [0.3, 0.4) is 0 Å². The number of carbonyl (C=O) groups excluding carboxylic acids is 1. The maximum Gasteiger partial charge on any atom is 0.191 e. The molecule has 1 aromatic carbocycles. The van der Waals surface area contributed by atoms with Crippen molar-refractivity contribution >= 4 is 33.5 Å². The normalized spacial score (nSPS) is 11.1. The summed E-state index contributed by atoms with van der Waals surface area (Å²) >= 11 is 4.81. The summed E-state index contributed by atoms with van der Waals surface area (Å²) in [6, 6.07) is 7.42. The molecule has 2 aromatic rings. The van der Waals surface area contributed by atoms with Crippen LogP contribution in [-0.2, 0) is 6.54 Å². The fraction of sp³-hybridized carbons (Fsp3) is 0.400. The maximum absolute atomic E-state index is 12.2. The first-order valence-electron chi connectivity index (χ1n) is 6.78. The highest BCUT2D eigenvalue weighted by molar-refractivity contribution is 9.10. The van der Waals surface area contributed by atoms with Crippen molar-refractivity contribution < 1.29 is 4.79 Å². The number of benzene rings is 1. The van der Waals surface area contributed by atoms with Crippen LogP contribution in [-0.4, -0.2) is 26.3 Å². The number of aromatic nitrogens is 3. The van der Waals surface area contributed by atoms with E-state index in [1.807, 2.05) is 31.2 Å². The van der Waals surface area contributed by atoms with Crippen molar-refractivity contribution in [1.29, 1.82) is 0 Å². The van der Waals surface area contributed by atoms with Crippen molar-refractivity contribution in [3.8, 4) is 0 Å². The second-order valence-corrected chi connectivity index (χ2v) is 7.11. The number of halogens is 1. The summed E-state index contributed by atoms with van der Waals surface area (Å²) in [5, 5.41) is 9.08. The van der Waals surface area contributed by atoms with E-state index in [9.17, 15) is 4.79 Å². The summed E-state index contributed by atoms with van der Waals surface area (Å²) < 4.78 is 3.04. The zero-order valence-electron chi connectivity index (χ0n) is 12.3. The minimum absolute atomic E-state index is 0.101. The second-order valence-electron chi connectivity index (χ2n) is 5.25. The van der Waals surface area contributed by atoms with E-state index in [4.69, 9.17) is 0 Å². The molecule has 0 unspecified atom stereocenters. The molecule has 1 heterocycles. The molecule has 1 aromatic heterocycles. The highest BCUT2D eigenvalue weighted by atomic mass is 79.9. The smallest absolute Gasteiger partial charge is 0.191 e. The average molecular weight is 368 g/mol. The molecular formula is C15H18BrN3OS. The van der Waals surface area contributed by atoms with E-state index < -0.39 is 0 Å². The third-order valence-corrected chi connectivity index (χ3v) is 4.44. The lowest BCUT2D eigenvalue weighted by molar-refractivity contribution is 0.102. The maximum atomic E-state index is 12.2. The van der Waals surface area contributed by atoms with Gasteiger partial charge in [0.15, 0.2) is 10.9 Å².